The number of aromatic nitrogens is 1. The fraction of sp³-hybridized carbons (Fsp3) is 0.214. The molecule has 4 heteroatoms. The molecule has 1 aromatic heterocycles. The van der Waals surface area contributed by atoms with Crippen molar-refractivity contribution < 1.29 is 4.39 Å². The lowest BCUT2D eigenvalue weighted by molar-refractivity contribution is 0.608. The van der Waals surface area contributed by atoms with Gasteiger partial charge in [-0.05, 0) is 46.1 Å². The molecule has 0 fully saturated rings. The second-order valence-corrected chi connectivity index (χ2v) is 5.01. The summed E-state index contributed by atoms with van der Waals surface area (Å²) < 4.78 is 14.4. The van der Waals surface area contributed by atoms with E-state index in [0.29, 0.717) is 6.42 Å². The fourth-order valence-corrected chi connectivity index (χ4v) is 1.93. The molecule has 0 unspecified atom stereocenters. The molecule has 94 valence electrons. The lowest BCUT2D eigenvalue weighted by Crippen LogP contribution is -2.21. The molecule has 0 saturated heterocycles. The number of hydrogen-bond acceptors (Lipinski definition) is 2. The van der Waals surface area contributed by atoms with Gasteiger partial charge in [-0.1, -0.05) is 18.2 Å². The Hall–Kier alpha value is -1.42. The Morgan fingerprint density at radius 3 is 2.67 bits per heavy atom. The third kappa shape index (κ3) is 3.29. The standard InChI is InChI=1S/C14H14BrFN2/c1-18(14-7-6-12(15)10-17-14)9-8-11-4-2-3-5-13(11)16/h2-7,10H,8-9H2,1H3. The monoisotopic (exact) mass is 308 g/mol. The lowest BCUT2D eigenvalue weighted by Gasteiger charge is -2.18. The Bertz CT molecular complexity index is 513. The van der Waals surface area contributed by atoms with Crippen molar-refractivity contribution in [3.05, 3.63) is 58.4 Å². The first-order valence-electron chi connectivity index (χ1n) is 5.73. The van der Waals surface area contributed by atoms with Gasteiger partial charge in [0.25, 0.3) is 0 Å². The van der Waals surface area contributed by atoms with Crippen LogP contribution in [0, 0.1) is 5.82 Å². The number of likely N-dealkylation sites (N-methyl/N-ethyl adjacent to an activating group) is 1. The second kappa shape index (κ2) is 5.96. The van der Waals surface area contributed by atoms with Crippen LogP contribution in [0.3, 0.4) is 0 Å². The molecule has 2 aromatic rings. The number of anilines is 1. The molecule has 0 aliphatic carbocycles. The second-order valence-electron chi connectivity index (χ2n) is 4.10. The predicted octanol–water partition coefficient (Wildman–Crippen LogP) is 3.66. The molecule has 0 spiro atoms. The Morgan fingerprint density at radius 2 is 2.00 bits per heavy atom. The van der Waals surface area contributed by atoms with Crippen molar-refractivity contribution in [1.29, 1.82) is 0 Å². The van der Waals surface area contributed by atoms with Gasteiger partial charge in [-0.3, -0.25) is 0 Å². The van der Waals surface area contributed by atoms with Crippen LogP contribution in [-0.2, 0) is 6.42 Å². The number of halogens is 2. The zero-order valence-corrected chi connectivity index (χ0v) is 11.7. The molecule has 0 atom stereocenters. The van der Waals surface area contributed by atoms with Crippen LogP contribution in [0.1, 0.15) is 5.56 Å². The van der Waals surface area contributed by atoms with E-state index < -0.39 is 0 Å². The molecule has 0 amide bonds. The van der Waals surface area contributed by atoms with Gasteiger partial charge < -0.3 is 4.90 Å². The summed E-state index contributed by atoms with van der Waals surface area (Å²) >= 11 is 3.35. The van der Waals surface area contributed by atoms with Gasteiger partial charge in [0.2, 0.25) is 0 Å². The summed E-state index contributed by atoms with van der Waals surface area (Å²) in [6.45, 7) is 0.732. The first-order chi connectivity index (χ1) is 8.66. The first kappa shape index (κ1) is 13.0. The highest BCUT2D eigenvalue weighted by Gasteiger charge is 2.05. The first-order valence-corrected chi connectivity index (χ1v) is 6.52. The molecule has 0 aliphatic rings. The van der Waals surface area contributed by atoms with E-state index in [9.17, 15) is 4.39 Å². The zero-order valence-electron chi connectivity index (χ0n) is 10.1. The topological polar surface area (TPSA) is 16.1 Å². The van der Waals surface area contributed by atoms with Crippen molar-refractivity contribution in [3.8, 4) is 0 Å². The van der Waals surface area contributed by atoms with Crippen LogP contribution < -0.4 is 4.90 Å². The minimum Gasteiger partial charge on any atom is -0.359 e. The summed E-state index contributed by atoms with van der Waals surface area (Å²) in [7, 11) is 1.96. The van der Waals surface area contributed by atoms with Gasteiger partial charge >= 0.3 is 0 Å². The van der Waals surface area contributed by atoms with Gasteiger partial charge in [-0.25, -0.2) is 9.37 Å². The minimum atomic E-state index is -0.144. The van der Waals surface area contributed by atoms with Crippen LogP contribution in [0.2, 0.25) is 0 Å². The van der Waals surface area contributed by atoms with Crippen LogP contribution in [0.15, 0.2) is 47.1 Å². The van der Waals surface area contributed by atoms with Crippen molar-refractivity contribution in [2.75, 3.05) is 18.5 Å². The van der Waals surface area contributed by atoms with Crippen LogP contribution in [0.4, 0.5) is 10.2 Å². The molecule has 2 rings (SSSR count). The molecule has 2 nitrogen and oxygen atoms in total. The number of rotatable bonds is 4. The number of pyridine rings is 1. The molecule has 18 heavy (non-hydrogen) atoms. The smallest absolute Gasteiger partial charge is 0.128 e. The summed E-state index contributed by atoms with van der Waals surface area (Å²) in [6.07, 6.45) is 2.43. The van der Waals surface area contributed by atoms with Crippen LogP contribution in [0.25, 0.3) is 0 Å². The SMILES string of the molecule is CN(CCc1ccccc1F)c1ccc(Br)cn1. The average molecular weight is 309 g/mol. The predicted molar refractivity (Wildman–Crippen MR) is 75.3 cm³/mol. The molecular formula is C14H14BrFN2. The summed E-state index contributed by atoms with van der Waals surface area (Å²) in [4.78, 5) is 6.31. The Morgan fingerprint density at radius 1 is 1.22 bits per heavy atom. The number of nitrogens with zero attached hydrogens (tertiary/aromatic N) is 2. The van der Waals surface area contributed by atoms with E-state index in [2.05, 4.69) is 20.9 Å². The number of hydrogen-bond donors (Lipinski definition) is 0. The quantitative estimate of drug-likeness (QED) is 0.857. The normalized spacial score (nSPS) is 10.4. The van der Waals surface area contributed by atoms with E-state index in [1.807, 2.05) is 36.2 Å². The molecule has 0 radical (unpaired) electrons. The molecule has 1 aromatic carbocycles. The maximum absolute atomic E-state index is 13.5. The van der Waals surface area contributed by atoms with Crippen molar-refractivity contribution in [2.45, 2.75) is 6.42 Å². The van der Waals surface area contributed by atoms with Crippen molar-refractivity contribution >= 4 is 21.7 Å². The van der Waals surface area contributed by atoms with E-state index in [4.69, 9.17) is 0 Å². The van der Waals surface area contributed by atoms with Crippen LogP contribution >= 0.6 is 15.9 Å². The van der Waals surface area contributed by atoms with Gasteiger partial charge in [-0.2, -0.15) is 0 Å². The van der Waals surface area contributed by atoms with Crippen LogP contribution in [-0.4, -0.2) is 18.6 Å². The van der Waals surface area contributed by atoms with E-state index in [1.54, 1.807) is 12.3 Å². The Balaban J connectivity index is 1.98. The summed E-state index contributed by atoms with van der Waals surface area (Å²) in [6, 6.07) is 10.8. The summed E-state index contributed by atoms with van der Waals surface area (Å²) in [5.41, 5.74) is 0.737. The van der Waals surface area contributed by atoms with Crippen molar-refractivity contribution in [3.63, 3.8) is 0 Å². The zero-order chi connectivity index (χ0) is 13.0. The average Bonchev–Trinajstić information content (AvgIpc) is 2.38. The van der Waals surface area contributed by atoms with Gasteiger partial charge in [0.15, 0.2) is 0 Å². The fourth-order valence-electron chi connectivity index (χ4n) is 1.70. The van der Waals surface area contributed by atoms with Crippen molar-refractivity contribution in [1.82, 2.24) is 4.98 Å². The molecule has 0 saturated carbocycles. The van der Waals surface area contributed by atoms with Gasteiger partial charge in [0.05, 0.1) is 0 Å². The maximum Gasteiger partial charge on any atom is 0.128 e. The van der Waals surface area contributed by atoms with E-state index in [0.717, 1.165) is 22.4 Å². The van der Waals surface area contributed by atoms with Crippen LogP contribution in [0.5, 0.6) is 0 Å². The summed E-state index contributed by atoms with van der Waals surface area (Å²) in [5, 5.41) is 0. The Labute approximate surface area is 115 Å². The molecule has 0 N–H and O–H groups in total. The molecule has 1 heterocycles. The van der Waals surface area contributed by atoms with E-state index in [-0.39, 0.29) is 5.82 Å². The largest absolute Gasteiger partial charge is 0.359 e. The number of benzene rings is 1. The molecule has 0 aliphatic heterocycles. The van der Waals surface area contributed by atoms with Gasteiger partial charge in [0.1, 0.15) is 11.6 Å². The summed E-state index contributed by atoms with van der Waals surface area (Å²) in [5.74, 6) is 0.740. The highest BCUT2D eigenvalue weighted by atomic mass is 79.9. The highest BCUT2D eigenvalue weighted by Crippen LogP contribution is 2.14. The van der Waals surface area contributed by atoms with E-state index in [1.165, 1.54) is 6.07 Å². The third-order valence-electron chi connectivity index (χ3n) is 2.78. The lowest BCUT2D eigenvalue weighted by atomic mass is 10.1. The molecular weight excluding hydrogens is 295 g/mol. The maximum atomic E-state index is 13.5. The van der Waals surface area contributed by atoms with Gasteiger partial charge in [0, 0.05) is 24.3 Å². The highest BCUT2D eigenvalue weighted by molar-refractivity contribution is 9.10. The van der Waals surface area contributed by atoms with Crippen molar-refractivity contribution in [2.24, 2.45) is 0 Å². The minimum absolute atomic E-state index is 0.144. The molecule has 0 bridgehead atoms. The van der Waals surface area contributed by atoms with E-state index >= 15 is 0 Å². The van der Waals surface area contributed by atoms with Gasteiger partial charge in [-0.15, -0.1) is 0 Å². The third-order valence-corrected chi connectivity index (χ3v) is 3.25. The Kier molecular flexibility index (Phi) is 4.31.